The van der Waals surface area contributed by atoms with Gasteiger partial charge in [0.25, 0.3) is 5.91 Å². The number of nitrogens with zero attached hydrogens (tertiary/aromatic N) is 1. The second-order valence-electron chi connectivity index (χ2n) is 4.65. The summed E-state index contributed by atoms with van der Waals surface area (Å²) in [4.78, 5) is 16.2. The minimum atomic E-state index is -0.0819. The first-order valence-electron chi connectivity index (χ1n) is 6.27. The van der Waals surface area contributed by atoms with Gasteiger partial charge in [-0.3, -0.25) is 9.78 Å². The molecule has 0 bridgehead atoms. The number of benzene rings is 1. The second kappa shape index (κ2) is 5.13. The van der Waals surface area contributed by atoms with E-state index in [2.05, 4.69) is 32.3 Å². The Kier molecular flexibility index (Phi) is 3.34. The van der Waals surface area contributed by atoms with Crippen LogP contribution in [-0.4, -0.2) is 10.9 Å². The Labute approximate surface area is 120 Å². The molecule has 19 heavy (non-hydrogen) atoms. The van der Waals surface area contributed by atoms with Gasteiger partial charge < -0.3 is 5.32 Å². The molecule has 1 amide bonds. The molecule has 3 rings (SSSR count). The molecule has 1 aliphatic rings. The Bertz CT molecular complexity index is 640. The number of hydrogen-bond donors (Lipinski definition) is 1. The molecular weight excluding hydrogens is 304 g/mol. The van der Waals surface area contributed by atoms with E-state index in [1.54, 1.807) is 18.5 Å². The van der Waals surface area contributed by atoms with Gasteiger partial charge in [0.1, 0.15) is 0 Å². The molecule has 1 heterocycles. The molecule has 3 nitrogen and oxygen atoms in total. The minimum absolute atomic E-state index is 0.0819. The molecule has 0 radical (unpaired) electrons. The first-order valence-corrected chi connectivity index (χ1v) is 7.06. The van der Waals surface area contributed by atoms with Crippen molar-refractivity contribution in [2.75, 3.05) is 5.32 Å². The van der Waals surface area contributed by atoms with E-state index in [9.17, 15) is 4.79 Å². The number of hydrogen-bond acceptors (Lipinski definition) is 2. The summed E-state index contributed by atoms with van der Waals surface area (Å²) in [7, 11) is 0. The molecule has 0 spiro atoms. The topological polar surface area (TPSA) is 42.0 Å². The molecule has 0 unspecified atom stereocenters. The Morgan fingerprint density at radius 1 is 1.21 bits per heavy atom. The number of rotatable bonds is 2. The first kappa shape index (κ1) is 12.4. The molecule has 0 aliphatic heterocycles. The molecule has 2 aromatic rings. The SMILES string of the molecule is O=C(Nc1ccncc1Br)c1ccc2c(c1)CCC2. The van der Waals surface area contributed by atoms with Gasteiger partial charge in [-0.15, -0.1) is 0 Å². The molecule has 1 aromatic carbocycles. The summed E-state index contributed by atoms with van der Waals surface area (Å²) in [5.41, 5.74) is 4.13. The largest absolute Gasteiger partial charge is 0.321 e. The maximum Gasteiger partial charge on any atom is 0.255 e. The maximum atomic E-state index is 12.2. The molecular formula is C15H13BrN2O. The number of anilines is 1. The Hall–Kier alpha value is -1.68. The van der Waals surface area contributed by atoms with Gasteiger partial charge in [0.2, 0.25) is 0 Å². The molecule has 96 valence electrons. The summed E-state index contributed by atoms with van der Waals surface area (Å²) in [5.74, 6) is -0.0819. The van der Waals surface area contributed by atoms with E-state index in [-0.39, 0.29) is 5.91 Å². The molecule has 0 atom stereocenters. The van der Waals surface area contributed by atoms with Crippen molar-refractivity contribution in [3.8, 4) is 0 Å². The van der Waals surface area contributed by atoms with E-state index < -0.39 is 0 Å². The van der Waals surface area contributed by atoms with E-state index in [4.69, 9.17) is 0 Å². The highest BCUT2D eigenvalue weighted by molar-refractivity contribution is 9.10. The average molecular weight is 317 g/mol. The van der Waals surface area contributed by atoms with Gasteiger partial charge in [-0.05, 0) is 64.5 Å². The first-order chi connectivity index (χ1) is 9.24. The van der Waals surface area contributed by atoms with Crippen molar-refractivity contribution in [3.63, 3.8) is 0 Å². The van der Waals surface area contributed by atoms with Gasteiger partial charge in [-0.1, -0.05) is 6.07 Å². The van der Waals surface area contributed by atoms with Crippen molar-refractivity contribution < 1.29 is 4.79 Å². The van der Waals surface area contributed by atoms with E-state index in [1.165, 1.54) is 17.5 Å². The number of halogens is 1. The van der Waals surface area contributed by atoms with Gasteiger partial charge in [-0.25, -0.2) is 0 Å². The smallest absolute Gasteiger partial charge is 0.255 e. The van der Waals surface area contributed by atoms with Crippen molar-refractivity contribution in [2.45, 2.75) is 19.3 Å². The van der Waals surface area contributed by atoms with Gasteiger partial charge in [0.05, 0.1) is 10.2 Å². The predicted octanol–water partition coefficient (Wildman–Crippen LogP) is 3.59. The van der Waals surface area contributed by atoms with Crippen LogP contribution in [0.15, 0.2) is 41.1 Å². The number of aromatic nitrogens is 1. The van der Waals surface area contributed by atoms with Gasteiger partial charge in [0.15, 0.2) is 0 Å². The molecule has 1 aliphatic carbocycles. The summed E-state index contributed by atoms with van der Waals surface area (Å²) in [6.45, 7) is 0. The highest BCUT2D eigenvalue weighted by Crippen LogP contribution is 2.24. The van der Waals surface area contributed by atoms with Crippen molar-refractivity contribution >= 4 is 27.5 Å². The van der Waals surface area contributed by atoms with Crippen LogP contribution < -0.4 is 5.32 Å². The Morgan fingerprint density at radius 3 is 2.89 bits per heavy atom. The van der Waals surface area contributed by atoms with Crippen molar-refractivity contribution in [2.24, 2.45) is 0 Å². The van der Waals surface area contributed by atoms with Gasteiger partial charge in [0, 0.05) is 18.0 Å². The third-order valence-corrected chi connectivity index (χ3v) is 4.01. The Morgan fingerprint density at radius 2 is 2.05 bits per heavy atom. The van der Waals surface area contributed by atoms with E-state index in [0.717, 1.165) is 23.0 Å². The third kappa shape index (κ3) is 2.54. The lowest BCUT2D eigenvalue weighted by Gasteiger charge is -2.08. The zero-order valence-corrected chi connectivity index (χ0v) is 11.9. The molecule has 1 aromatic heterocycles. The van der Waals surface area contributed by atoms with Crippen LogP contribution in [0.5, 0.6) is 0 Å². The lowest BCUT2D eigenvalue weighted by Crippen LogP contribution is -2.12. The number of pyridine rings is 1. The number of nitrogens with one attached hydrogen (secondary N) is 1. The molecule has 0 fully saturated rings. The fourth-order valence-electron chi connectivity index (χ4n) is 2.38. The number of aryl methyl sites for hydroxylation is 2. The van der Waals surface area contributed by atoms with E-state index in [0.29, 0.717) is 5.56 Å². The summed E-state index contributed by atoms with van der Waals surface area (Å²) < 4.78 is 0.782. The van der Waals surface area contributed by atoms with Crippen LogP contribution in [-0.2, 0) is 12.8 Å². The average Bonchev–Trinajstić information content (AvgIpc) is 2.88. The summed E-state index contributed by atoms with van der Waals surface area (Å²) in [6.07, 6.45) is 6.72. The van der Waals surface area contributed by atoms with Crippen molar-refractivity contribution in [1.82, 2.24) is 4.98 Å². The summed E-state index contributed by atoms with van der Waals surface area (Å²) >= 11 is 3.37. The Balaban J connectivity index is 1.83. The van der Waals surface area contributed by atoms with E-state index in [1.807, 2.05) is 12.1 Å². The third-order valence-electron chi connectivity index (χ3n) is 3.38. The van der Waals surface area contributed by atoms with Crippen LogP contribution in [0.3, 0.4) is 0 Å². The quantitative estimate of drug-likeness (QED) is 0.920. The number of carbonyl (C=O) groups is 1. The highest BCUT2D eigenvalue weighted by Gasteiger charge is 2.14. The second-order valence-corrected chi connectivity index (χ2v) is 5.50. The number of carbonyl (C=O) groups excluding carboxylic acids is 1. The zero-order chi connectivity index (χ0) is 13.2. The molecule has 0 saturated carbocycles. The highest BCUT2D eigenvalue weighted by atomic mass is 79.9. The van der Waals surface area contributed by atoms with Gasteiger partial charge in [-0.2, -0.15) is 0 Å². The molecule has 4 heteroatoms. The van der Waals surface area contributed by atoms with Crippen molar-refractivity contribution in [3.05, 3.63) is 57.8 Å². The van der Waals surface area contributed by atoms with Crippen LogP contribution in [0.4, 0.5) is 5.69 Å². The predicted molar refractivity (Wildman–Crippen MR) is 78.4 cm³/mol. The van der Waals surface area contributed by atoms with Crippen molar-refractivity contribution in [1.29, 1.82) is 0 Å². The molecule has 0 saturated heterocycles. The number of fused-ring (bicyclic) bond motifs is 1. The lowest BCUT2D eigenvalue weighted by molar-refractivity contribution is 0.102. The monoisotopic (exact) mass is 316 g/mol. The molecule has 1 N–H and O–H groups in total. The standard InChI is InChI=1S/C15H13BrN2O/c16-13-9-17-7-6-14(13)18-15(19)12-5-4-10-2-1-3-11(10)8-12/h4-9H,1-3H2,(H,17,18,19). The van der Waals surface area contributed by atoms with Crippen LogP contribution >= 0.6 is 15.9 Å². The zero-order valence-electron chi connectivity index (χ0n) is 10.3. The van der Waals surface area contributed by atoms with Gasteiger partial charge >= 0.3 is 0 Å². The fraction of sp³-hybridized carbons (Fsp3) is 0.200. The summed E-state index contributed by atoms with van der Waals surface area (Å²) in [6, 6.07) is 7.75. The normalized spacial score (nSPS) is 13.1. The van der Waals surface area contributed by atoms with Crippen LogP contribution in [0.2, 0.25) is 0 Å². The van der Waals surface area contributed by atoms with E-state index >= 15 is 0 Å². The number of amides is 1. The maximum absolute atomic E-state index is 12.2. The summed E-state index contributed by atoms with van der Waals surface area (Å²) in [5, 5.41) is 2.89. The van der Waals surface area contributed by atoms with Crippen LogP contribution in [0.1, 0.15) is 27.9 Å². The lowest BCUT2D eigenvalue weighted by atomic mass is 10.1. The van der Waals surface area contributed by atoms with Crippen LogP contribution in [0, 0.1) is 0 Å². The van der Waals surface area contributed by atoms with Crippen LogP contribution in [0.25, 0.3) is 0 Å². The minimum Gasteiger partial charge on any atom is -0.321 e. The fourth-order valence-corrected chi connectivity index (χ4v) is 2.73.